The first-order valence-electron chi connectivity index (χ1n) is 9.48. The van der Waals surface area contributed by atoms with Crippen LogP contribution in [0.25, 0.3) is 0 Å². The molecule has 1 aliphatic rings. The monoisotopic (exact) mass is 399 g/mol. The molecule has 28 heavy (non-hydrogen) atoms. The molecular formula is C21H27N4O2S+. The van der Waals surface area contributed by atoms with E-state index in [0.717, 1.165) is 37.6 Å². The molecule has 7 heteroatoms. The van der Waals surface area contributed by atoms with Gasteiger partial charge in [-0.25, -0.2) is 0 Å². The van der Waals surface area contributed by atoms with E-state index in [9.17, 15) is 9.59 Å². The van der Waals surface area contributed by atoms with Gasteiger partial charge in [0.05, 0.1) is 37.5 Å². The minimum atomic E-state index is 0.0422. The number of nitrogens with one attached hydrogen (secondary N) is 1. The average Bonchev–Trinajstić information content (AvgIpc) is 2.73. The minimum Gasteiger partial charge on any atom is -0.348 e. The third-order valence-corrected chi connectivity index (χ3v) is 5.99. The Hall–Kier alpha value is -2.38. The SMILES string of the molecule is CN(C)C(=O)CSc1ccccc1C(=O)N1CC[NH+](Cc2ccncc2)CC1. The van der Waals surface area contributed by atoms with Gasteiger partial charge in [0.2, 0.25) is 5.91 Å². The summed E-state index contributed by atoms with van der Waals surface area (Å²) in [5.74, 6) is 0.435. The third kappa shape index (κ3) is 5.33. The van der Waals surface area contributed by atoms with E-state index in [-0.39, 0.29) is 11.8 Å². The van der Waals surface area contributed by atoms with Gasteiger partial charge in [-0.1, -0.05) is 12.1 Å². The van der Waals surface area contributed by atoms with Crippen LogP contribution in [0.4, 0.5) is 0 Å². The molecule has 0 unspecified atom stereocenters. The fraction of sp³-hybridized carbons (Fsp3) is 0.381. The largest absolute Gasteiger partial charge is 0.348 e. The molecular weight excluding hydrogens is 372 g/mol. The molecule has 0 saturated carbocycles. The standard InChI is InChI=1S/C21H26N4O2S/c1-23(2)20(26)16-28-19-6-4-3-5-18(19)21(27)25-13-11-24(12-14-25)15-17-7-9-22-10-8-17/h3-10H,11-16H2,1-2H3/p+1. The Morgan fingerprint density at radius 1 is 1.11 bits per heavy atom. The molecule has 0 radical (unpaired) electrons. The van der Waals surface area contributed by atoms with E-state index >= 15 is 0 Å². The molecule has 148 valence electrons. The molecule has 1 aliphatic heterocycles. The zero-order valence-electron chi connectivity index (χ0n) is 16.4. The lowest BCUT2D eigenvalue weighted by atomic mass is 10.1. The van der Waals surface area contributed by atoms with Gasteiger partial charge in [0, 0.05) is 36.9 Å². The van der Waals surface area contributed by atoms with Crippen LogP contribution in [-0.4, -0.2) is 72.6 Å². The number of piperazine rings is 1. The highest BCUT2D eigenvalue weighted by Gasteiger charge is 2.26. The van der Waals surface area contributed by atoms with Gasteiger partial charge in [0.15, 0.2) is 0 Å². The third-order valence-electron chi connectivity index (χ3n) is 4.93. The number of hydrogen-bond donors (Lipinski definition) is 1. The van der Waals surface area contributed by atoms with Crippen LogP contribution in [0.1, 0.15) is 15.9 Å². The van der Waals surface area contributed by atoms with Gasteiger partial charge in [-0.3, -0.25) is 14.6 Å². The Bertz CT molecular complexity index is 805. The summed E-state index contributed by atoms with van der Waals surface area (Å²) in [5.41, 5.74) is 1.97. The second-order valence-corrected chi connectivity index (χ2v) is 8.16. The van der Waals surface area contributed by atoms with Gasteiger partial charge < -0.3 is 14.7 Å². The molecule has 1 aromatic carbocycles. The predicted molar refractivity (Wildman–Crippen MR) is 110 cm³/mol. The fourth-order valence-corrected chi connectivity index (χ4v) is 4.22. The van der Waals surface area contributed by atoms with Crippen molar-refractivity contribution in [2.24, 2.45) is 0 Å². The van der Waals surface area contributed by atoms with Gasteiger partial charge >= 0.3 is 0 Å². The van der Waals surface area contributed by atoms with E-state index in [0.29, 0.717) is 11.3 Å². The molecule has 1 N–H and O–H groups in total. The van der Waals surface area contributed by atoms with Crippen molar-refractivity contribution in [1.82, 2.24) is 14.8 Å². The summed E-state index contributed by atoms with van der Waals surface area (Å²) in [6, 6.07) is 11.7. The normalized spacial score (nSPS) is 14.7. The van der Waals surface area contributed by atoms with E-state index < -0.39 is 0 Å². The number of nitrogens with zero attached hydrogens (tertiary/aromatic N) is 3. The van der Waals surface area contributed by atoms with Crippen molar-refractivity contribution in [3.63, 3.8) is 0 Å². The molecule has 1 fully saturated rings. The first-order valence-corrected chi connectivity index (χ1v) is 10.5. The number of benzene rings is 1. The number of carbonyl (C=O) groups excluding carboxylic acids is 2. The molecule has 1 saturated heterocycles. The van der Waals surface area contributed by atoms with Gasteiger partial charge in [-0.2, -0.15) is 0 Å². The molecule has 0 atom stereocenters. The number of quaternary nitrogens is 1. The van der Waals surface area contributed by atoms with Crippen molar-refractivity contribution in [1.29, 1.82) is 0 Å². The Kier molecular flexibility index (Phi) is 7.06. The summed E-state index contributed by atoms with van der Waals surface area (Å²) in [7, 11) is 3.49. The number of rotatable bonds is 6. The highest BCUT2D eigenvalue weighted by Crippen LogP contribution is 2.24. The average molecular weight is 400 g/mol. The minimum absolute atomic E-state index is 0.0422. The van der Waals surface area contributed by atoms with Crippen LogP contribution in [0.2, 0.25) is 0 Å². The number of aromatic nitrogens is 1. The van der Waals surface area contributed by atoms with Crippen molar-refractivity contribution < 1.29 is 14.5 Å². The molecule has 0 aliphatic carbocycles. The maximum Gasteiger partial charge on any atom is 0.255 e. The number of hydrogen-bond acceptors (Lipinski definition) is 4. The summed E-state index contributed by atoms with van der Waals surface area (Å²) in [4.78, 5) is 34.9. The van der Waals surface area contributed by atoms with Crippen LogP contribution in [0.5, 0.6) is 0 Å². The zero-order chi connectivity index (χ0) is 19.9. The smallest absolute Gasteiger partial charge is 0.255 e. The second-order valence-electron chi connectivity index (χ2n) is 7.15. The van der Waals surface area contributed by atoms with Crippen LogP contribution in [0.15, 0.2) is 53.7 Å². The topological polar surface area (TPSA) is 58.0 Å². The van der Waals surface area contributed by atoms with Crippen molar-refractivity contribution in [3.05, 3.63) is 59.9 Å². The molecule has 2 aromatic rings. The molecule has 3 rings (SSSR count). The Morgan fingerprint density at radius 3 is 2.46 bits per heavy atom. The lowest BCUT2D eigenvalue weighted by Gasteiger charge is -2.32. The van der Waals surface area contributed by atoms with E-state index in [1.165, 1.54) is 22.2 Å². The summed E-state index contributed by atoms with van der Waals surface area (Å²) >= 11 is 1.43. The van der Waals surface area contributed by atoms with Crippen LogP contribution >= 0.6 is 11.8 Å². The molecule has 2 heterocycles. The van der Waals surface area contributed by atoms with E-state index in [1.807, 2.05) is 53.7 Å². The number of thioether (sulfide) groups is 1. The number of amides is 2. The van der Waals surface area contributed by atoms with Crippen molar-refractivity contribution in [3.8, 4) is 0 Å². The Labute approximate surface area is 170 Å². The van der Waals surface area contributed by atoms with Gasteiger partial charge in [-0.05, 0) is 24.3 Å². The van der Waals surface area contributed by atoms with Crippen LogP contribution < -0.4 is 4.90 Å². The van der Waals surface area contributed by atoms with Gasteiger partial charge in [-0.15, -0.1) is 11.8 Å². The molecule has 2 amide bonds. The first kappa shape index (κ1) is 20.4. The maximum absolute atomic E-state index is 13.1. The zero-order valence-corrected chi connectivity index (χ0v) is 17.2. The number of carbonyl (C=O) groups is 2. The maximum atomic E-state index is 13.1. The number of pyridine rings is 1. The van der Waals surface area contributed by atoms with Crippen LogP contribution in [-0.2, 0) is 11.3 Å². The van der Waals surface area contributed by atoms with E-state index in [2.05, 4.69) is 4.98 Å². The second kappa shape index (κ2) is 9.71. The summed E-state index contributed by atoms with van der Waals surface area (Å²) in [5, 5.41) is 0. The molecule has 6 nitrogen and oxygen atoms in total. The fourth-order valence-electron chi connectivity index (χ4n) is 3.20. The first-order chi connectivity index (χ1) is 13.5. The van der Waals surface area contributed by atoms with Crippen molar-refractivity contribution >= 4 is 23.6 Å². The summed E-state index contributed by atoms with van der Waals surface area (Å²) < 4.78 is 0. The highest BCUT2D eigenvalue weighted by molar-refractivity contribution is 8.00. The van der Waals surface area contributed by atoms with Crippen LogP contribution in [0, 0.1) is 0 Å². The van der Waals surface area contributed by atoms with Gasteiger partial charge in [0.25, 0.3) is 5.91 Å². The Morgan fingerprint density at radius 2 is 1.79 bits per heavy atom. The van der Waals surface area contributed by atoms with E-state index in [4.69, 9.17) is 0 Å². The van der Waals surface area contributed by atoms with Crippen LogP contribution in [0.3, 0.4) is 0 Å². The Balaban J connectivity index is 1.58. The summed E-state index contributed by atoms with van der Waals surface area (Å²) in [6.07, 6.45) is 3.65. The lowest BCUT2D eigenvalue weighted by molar-refractivity contribution is -0.917. The highest BCUT2D eigenvalue weighted by atomic mass is 32.2. The quantitative estimate of drug-likeness (QED) is 0.730. The molecule has 0 bridgehead atoms. The van der Waals surface area contributed by atoms with Crippen molar-refractivity contribution in [2.75, 3.05) is 46.0 Å². The van der Waals surface area contributed by atoms with Crippen molar-refractivity contribution in [2.45, 2.75) is 11.4 Å². The lowest BCUT2D eigenvalue weighted by Crippen LogP contribution is -3.13. The summed E-state index contributed by atoms with van der Waals surface area (Å²) in [6.45, 7) is 4.32. The molecule has 0 spiro atoms. The van der Waals surface area contributed by atoms with E-state index in [1.54, 1.807) is 19.0 Å². The molecule has 1 aromatic heterocycles. The van der Waals surface area contributed by atoms with Gasteiger partial charge in [0.1, 0.15) is 6.54 Å². The predicted octanol–water partition coefficient (Wildman–Crippen LogP) is 0.803.